The highest BCUT2D eigenvalue weighted by atomic mass is 31.2. The Hall–Kier alpha value is -6.36. The highest BCUT2D eigenvalue weighted by Crippen LogP contribution is 2.46. The van der Waals surface area contributed by atoms with Gasteiger partial charge in [-0.1, -0.05) is 72.8 Å². The SMILES string of the molecule is COc1ccc(C(OCCCOCC(COCCCOC(c2ccc(OC)cc2)c2ccc(OC)cc2)(COCCCOC(c2ccc(OC)cc2)c2ccc(OC)cc2)COCCCOP(OCCC#N)N(C(C)C)C(C)C)c2ccc(OC)cc2)cc1. The summed E-state index contributed by atoms with van der Waals surface area (Å²) < 4.78 is 94.2. The third-order valence-corrected chi connectivity index (χ3v) is 16.7. The summed E-state index contributed by atoms with van der Waals surface area (Å²) in [5.74, 6) is 4.61. The summed E-state index contributed by atoms with van der Waals surface area (Å²) in [7, 11) is 8.55. The third-order valence-electron chi connectivity index (χ3n) is 14.6. The molecular weight excluding hydrogens is 1150 g/mol. The molecule has 1 atom stereocenters. The second-order valence-electron chi connectivity index (χ2n) is 21.9. The van der Waals surface area contributed by atoms with Crippen molar-refractivity contribution >= 4 is 8.53 Å². The molecule has 18 heteroatoms. The normalized spacial score (nSPS) is 12.1. The molecule has 0 bridgehead atoms. The lowest BCUT2D eigenvalue weighted by molar-refractivity contribution is -0.111. The number of ether oxygens (including phenoxy) is 13. The maximum absolute atomic E-state index is 9.27. The van der Waals surface area contributed by atoms with E-state index in [4.69, 9.17) is 70.6 Å². The zero-order valence-corrected chi connectivity index (χ0v) is 54.8. The Morgan fingerprint density at radius 1 is 0.348 bits per heavy atom. The molecule has 0 saturated heterocycles. The van der Waals surface area contributed by atoms with E-state index >= 15 is 0 Å². The predicted molar refractivity (Wildman–Crippen MR) is 347 cm³/mol. The summed E-state index contributed by atoms with van der Waals surface area (Å²) in [5.41, 5.74) is 5.25. The summed E-state index contributed by atoms with van der Waals surface area (Å²) in [5, 5.41) is 9.27. The number of hydrogen-bond acceptors (Lipinski definition) is 17. The Morgan fingerprint density at radius 2 is 0.584 bits per heavy atom. The van der Waals surface area contributed by atoms with Crippen LogP contribution in [0.4, 0.5) is 0 Å². The zero-order valence-electron chi connectivity index (χ0n) is 53.9. The van der Waals surface area contributed by atoms with E-state index in [2.05, 4.69) is 38.4 Å². The molecule has 6 aromatic rings. The van der Waals surface area contributed by atoms with Crippen LogP contribution in [-0.2, 0) is 42.2 Å². The average Bonchev–Trinajstić information content (AvgIpc) is 3.77. The fraction of sp³-hybridized carbons (Fsp3) is 0.479. The summed E-state index contributed by atoms with van der Waals surface area (Å²) in [6.45, 7) is 13.2. The number of nitriles is 1. The van der Waals surface area contributed by atoms with Crippen molar-refractivity contribution in [1.29, 1.82) is 5.26 Å². The van der Waals surface area contributed by atoms with Crippen LogP contribution < -0.4 is 28.4 Å². The zero-order chi connectivity index (χ0) is 63.5. The molecule has 0 aromatic heterocycles. The molecule has 6 aromatic carbocycles. The Labute approximate surface area is 530 Å². The van der Waals surface area contributed by atoms with E-state index in [9.17, 15) is 5.26 Å². The average molecular weight is 1250 g/mol. The summed E-state index contributed by atoms with van der Waals surface area (Å²) in [6.07, 6.45) is 1.74. The fourth-order valence-electron chi connectivity index (χ4n) is 9.94. The van der Waals surface area contributed by atoms with E-state index in [1.54, 1.807) is 42.7 Å². The van der Waals surface area contributed by atoms with Crippen LogP contribution in [0.2, 0.25) is 0 Å². The van der Waals surface area contributed by atoms with E-state index in [-0.39, 0.29) is 63.2 Å². The van der Waals surface area contributed by atoms with Crippen LogP contribution in [-0.4, -0.2) is 145 Å². The predicted octanol–water partition coefficient (Wildman–Crippen LogP) is 14.4. The van der Waals surface area contributed by atoms with Crippen LogP contribution in [0.15, 0.2) is 146 Å². The van der Waals surface area contributed by atoms with Crippen molar-refractivity contribution in [3.63, 3.8) is 0 Å². The Bertz CT molecular complexity index is 2440. The van der Waals surface area contributed by atoms with Gasteiger partial charge in [0.2, 0.25) is 0 Å². The van der Waals surface area contributed by atoms with Gasteiger partial charge in [0.15, 0.2) is 0 Å². The van der Waals surface area contributed by atoms with Crippen molar-refractivity contribution in [3.8, 4) is 40.6 Å². The van der Waals surface area contributed by atoms with Gasteiger partial charge in [-0.15, -0.1) is 0 Å². The molecule has 0 saturated carbocycles. The number of benzene rings is 6. The van der Waals surface area contributed by atoms with Crippen LogP contribution in [0, 0.1) is 16.7 Å². The monoisotopic (exact) mass is 1250 g/mol. The van der Waals surface area contributed by atoms with Gasteiger partial charge in [0.1, 0.15) is 52.8 Å². The Balaban J connectivity index is 1.18. The highest BCUT2D eigenvalue weighted by Gasteiger charge is 2.33. The molecule has 0 aliphatic rings. The Morgan fingerprint density at radius 3 is 0.809 bits per heavy atom. The van der Waals surface area contributed by atoms with Crippen LogP contribution in [0.5, 0.6) is 34.5 Å². The van der Waals surface area contributed by atoms with Crippen molar-refractivity contribution in [3.05, 3.63) is 179 Å². The molecule has 0 heterocycles. The molecule has 6 rings (SSSR count). The third kappa shape index (κ3) is 24.1. The lowest BCUT2D eigenvalue weighted by Gasteiger charge is -2.35. The van der Waals surface area contributed by atoms with E-state index in [0.717, 1.165) is 67.9 Å². The topological polar surface area (TPSA) is 165 Å². The van der Waals surface area contributed by atoms with Gasteiger partial charge < -0.3 is 70.6 Å². The maximum Gasteiger partial charge on any atom is 0.259 e. The van der Waals surface area contributed by atoms with Crippen LogP contribution in [0.3, 0.4) is 0 Å². The number of nitrogens with zero attached hydrogens (tertiary/aromatic N) is 2. The molecule has 0 spiro atoms. The van der Waals surface area contributed by atoms with Gasteiger partial charge in [-0.2, -0.15) is 5.26 Å². The van der Waals surface area contributed by atoms with Crippen LogP contribution >= 0.6 is 8.53 Å². The van der Waals surface area contributed by atoms with E-state index < -0.39 is 13.9 Å². The smallest absolute Gasteiger partial charge is 0.259 e. The molecule has 484 valence electrons. The molecule has 1 unspecified atom stereocenters. The van der Waals surface area contributed by atoms with E-state index in [1.807, 2.05) is 146 Å². The van der Waals surface area contributed by atoms with Crippen molar-refractivity contribution in [2.24, 2.45) is 5.41 Å². The fourth-order valence-corrected chi connectivity index (χ4v) is 11.6. The summed E-state index contributed by atoms with van der Waals surface area (Å²) in [6, 6.07) is 50.2. The maximum atomic E-state index is 9.27. The second-order valence-corrected chi connectivity index (χ2v) is 23.3. The van der Waals surface area contributed by atoms with E-state index in [1.165, 1.54) is 0 Å². The lowest BCUT2D eigenvalue weighted by atomic mass is 9.92. The minimum Gasteiger partial charge on any atom is -0.497 e. The first-order valence-corrected chi connectivity index (χ1v) is 31.8. The number of hydrogen-bond donors (Lipinski definition) is 0. The highest BCUT2D eigenvalue weighted by molar-refractivity contribution is 7.44. The van der Waals surface area contributed by atoms with Crippen molar-refractivity contribution < 1.29 is 70.6 Å². The molecule has 17 nitrogen and oxygen atoms in total. The first kappa shape index (κ1) is 71.7. The lowest BCUT2D eigenvalue weighted by Crippen LogP contribution is -2.42. The molecule has 0 aliphatic carbocycles. The molecule has 0 N–H and O–H groups in total. The van der Waals surface area contributed by atoms with Gasteiger partial charge in [-0.3, -0.25) is 0 Å². The van der Waals surface area contributed by atoms with Gasteiger partial charge in [0.05, 0.1) is 120 Å². The second kappa shape index (κ2) is 40.4. The van der Waals surface area contributed by atoms with Gasteiger partial charge >= 0.3 is 0 Å². The molecule has 0 amide bonds. The van der Waals surface area contributed by atoms with Gasteiger partial charge in [0.25, 0.3) is 8.53 Å². The largest absolute Gasteiger partial charge is 0.497 e. The first-order valence-electron chi connectivity index (χ1n) is 30.7. The molecular formula is C71H95N2O15P. The minimum atomic E-state index is -1.40. The van der Waals surface area contributed by atoms with Gasteiger partial charge in [-0.25, -0.2) is 4.67 Å². The quantitative estimate of drug-likeness (QED) is 0.0261. The van der Waals surface area contributed by atoms with Gasteiger partial charge in [-0.05, 0) is 160 Å². The molecule has 89 heavy (non-hydrogen) atoms. The molecule has 0 fully saturated rings. The van der Waals surface area contributed by atoms with E-state index in [0.29, 0.717) is 85.1 Å². The van der Waals surface area contributed by atoms with Crippen LogP contribution in [0.1, 0.15) is 111 Å². The van der Waals surface area contributed by atoms with Crippen molar-refractivity contribution in [2.75, 3.05) is 129 Å². The van der Waals surface area contributed by atoms with Crippen LogP contribution in [0.25, 0.3) is 0 Å². The number of rotatable bonds is 46. The summed E-state index contributed by atoms with van der Waals surface area (Å²) >= 11 is 0. The Kier molecular flexibility index (Phi) is 32.5. The molecule has 0 aliphatic heterocycles. The van der Waals surface area contributed by atoms with Gasteiger partial charge in [0, 0.05) is 38.5 Å². The standard InChI is InChI=1S/C71H95N2O15P/c1-54(2)73(55(3)4)89(87-48-11-40-72)88-49-15-44-83-53-71(50-80-41-12-45-84-68(56-16-28-62(74-5)29-17-56)57-18-30-63(75-6)31-19-57,51-81-42-13-46-85-69(58-20-32-64(76-7)33-21-58)59-22-34-65(77-8)35-23-59)52-82-43-14-47-86-70(60-24-36-66(78-9)37-25-60)61-26-38-67(79-10)39-27-61/h16-39,54-55,68-70H,11-15,41-53H2,1-10H3. The van der Waals surface area contributed by atoms with Crippen molar-refractivity contribution in [2.45, 2.75) is 90.2 Å². The first-order chi connectivity index (χ1) is 43.5. The number of methoxy groups -OCH3 is 6. The van der Waals surface area contributed by atoms with Crippen molar-refractivity contribution in [1.82, 2.24) is 4.67 Å². The molecule has 0 radical (unpaired) electrons. The minimum absolute atomic E-state index is 0.180. The summed E-state index contributed by atoms with van der Waals surface area (Å²) in [4.78, 5) is 0.